The molecule has 4 heteroatoms. The third-order valence-corrected chi connectivity index (χ3v) is 3.74. The normalized spacial score (nSPS) is 16.3. The maximum absolute atomic E-state index is 12.1. The lowest BCUT2D eigenvalue weighted by atomic mass is 9.86. The van der Waals surface area contributed by atoms with Crippen molar-refractivity contribution in [2.45, 2.75) is 51.9 Å². The Labute approximate surface area is 110 Å². The van der Waals surface area contributed by atoms with Crippen LogP contribution in [0.3, 0.4) is 0 Å². The highest BCUT2D eigenvalue weighted by atomic mass is 16.5. The molecule has 0 heterocycles. The van der Waals surface area contributed by atoms with E-state index in [2.05, 4.69) is 4.74 Å². The van der Waals surface area contributed by atoms with Crippen molar-refractivity contribution in [2.75, 3.05) is 20.2 Å². The molecule has 0 N–H and O–H groups in total. The maximum Gasteiger partial charge on any atom is 0.307 e. The Hall–Kier alpha value is -1.06. The van der Waals surface area contributed by atoms with Crippen LogP contribution in [0.2, 0.25) is 0 Å². The molecule has 0 radical (unpaired) electrons. The van der Waals surface area contributed by atoms with Gasteiger partial charge in [-0.15, -0.1) is 0 Å². The van der Waals surface area contributed by atoms with E-state index in [4.69, 9.17) is 0 Å². The summed E-state index contributed by atoms with van der Waals surface area (Å²) in [7, 11) is 1.38. The summed E-state index contributed by atoms with van der Waals surface area (Å²) in [6.07, 6.45) is 7.12. The zero-order valence-corrected chi connectivity index (χ0v) is 11.6. The lowest BCUT2D eigenvalue weighted by Gasteiger charge is -2.25. The first-order valence-electron chi connectivity index (χ1n) is 7.02. The van der Waals surface area contributed by atoms with Crippen LogP contribution in [0.1, 0.15) is 51.9 Å². The van der Waals surface area contributed by atoms with Gasteiger partial charge >= 0.3 is 5.97 Å². The van der Waals surface area contributed by atoms with Crippen LogP contribution in [0.15, 0.2) is 0 Å². The molecule has 1 aliphatic rings. The summed E-state index contributed by atoms with van der Waals surface area (Å²) in [5.74, 6) is 0.491. The Morgan fingerprint density at radius 2 is 1.89 bits per heavy atom. The van der Waals surface area contributed by atoms with Crippen LogP contribution in [0.4, 0.5) is 0 Å². The second kappa shape index (κ2) is 8.11. The molecule has 0 aromatic heterocycles. The number of carbonyl (C=O) groups is 2. The van der Waals surface area contributed by atoms with Crippen molar-refractivity contribution in [2.24, 2.45) is 5.92 Å². The van der Waals surface area contributed by atoms with Gasteiger partial charge in [0.25, 0.3) is 0 Å². The average Bonchev–Trinajstić information content (AvgIpc) is 2.40. The van der Waals surface area contributed by atoms with Crippen LogP contribution < -0.4 is 0 Å². The van der Waals surface area contributed by atoms with E-state index in [0.717, 1.165) is 0 Å². The third-order valence-electron chi connectivity index (χ3n) is 3.74. The van der Waals surface area contributed by atoms with Crippen LogP contribution in [-0.2, 0) is 14.3 Å². The van der Waals surface area contributed by atoms with Gasteiger partial charge in [0.15, 0.2) is 0 Å². The molecule has 104 valence electrons. The monoisotopic (exact) mass is 255 g/mol. The molecular weight excluding hydrogens is 230 g/mol. The summed E-state index contributed by atoms with van der Waals surface area (Å²) in [5, 5.41) is 0. The minimum Gasteiger partial charge on any atom is -0.469 e. The van der Waals surface area contributed by atoms with E-state index < -0.39 is 0 Å². The molecule has 0 atom stereocenters. The Balaban J connectivity index is 2.33. The molecule has 0 spiro atoms. The first kappa shape index (κ1) is 15.0. The first-order chi connectivity index (χ1) is 8.67. The van der Waals surface area contributed by atoms with Gasteiger partial charge in [-0.05, 0) is 25.7 Å². The summed E-state index contributed by atoms with van der Waals surface area (Å²) in [5.41, 5.74) is 0. The zero-order chi connectivity index (χ0) is 13.4. The third kappa shape index (κ3) is 5.07. The van der Waals surface area contributed by atoms with Gasteiger partial charge in [-0.25, -0.2) is 0 Å². The topological polar surface area (TPSA) is 46.6 Å². The van der Waals surface area contributed by atoms with Crippen LogP contribution in [0.5, 0.6) is 0 Å². The molecule has 0 aromatic rings. The number of esters is 1. The largest absolute Gasteiger partial charge is 0.469 e. The molecule has 0 unspecified atom stereocenters. The Morgan fingerprint density at radius 3 is 2.44 bits per heavy atom. The van der Waals surface area contributed by atoms with Gasteiger partial charge in [-0.3, -0.25) is 9.59 Å². The summed E-state index contributed by atoms with van der Waals surface area (Å²) in [4.78, 5) is 25.0. The van der Waals surface area contributed by atoms with Crippen molar-refractivity contribution in [3.8, 4) is 0 Å². The van der Waals surface area contributed by atoms with Crippen LogP contribution in [-0.4, -0.2) is 37.0 Å². The predicted octanol–water partition coefficient (Wildman–Crippen LogP) is 2.37. The number of methoxy groups -OCH3 is 1. The molecule has 1 aliphatic carbocycles. The molecule has 1 amide bonds. The van der Waals surface area contributed by atoms with E-state index in [-0.39, 0.29) is 11.9 Å². The molecule has 1 saturated carbocycles. The quantitative estimate of drug-likeness (QED) is 0.685. The van der Waals surface area contributed by atoms with E-state index in [9.17, 15) is 9.59 Å². The molecule has 4 nitrogen and oxygen atoms in total. The van der Waals surface area contributed by atoms with Gasteiger partial charge in [0.05, 0.1) is 13.5 Å². The van der Waals surface area contributed by atoms with Crippen LogP contribution >= 0.6 is 0 Å². The molecule has 0 aromatic carbocycles. The molecule has 0 aliphatic heterocycles. The number of hydrogen-bond acceptors (Lipinski definition) is 3. The van der Waals surface area contributed by atoms with Gasteiger partial charge in [0, 0.05) is 19.5 Å². The van der Waals surface area contributed by atoms with Crippen molar-refractivity contribution < 1.29 is 14.3 Å². The summed E-state index contributed by atoms with van der Waals surface area (Å²) >= 11 is 0. The number of ether oxygens (including phenoxy) is 1. The lowest BCUT2D eigenvalue weighted by Crippen LogP contribution is -2.34. The second-order valence-corrected chi connectivity index (χ2v) is 5.01. The molecule has 1 rings (SSSR count). The lowest BCUT2D eigenvalue weighted by molar-refractivity contribution is -0.141. The van der Waals surface area contributed by atoms with Gasteiger partial charge in [0.1, 0.15) is 0 Å². The molecular formula is C14H25NO3. The highest BCUT2D eigenvalue weighted by Crippen LogP contribution is 2.26. The minimum absolute atomic E-state index is 0.188. The number of nitrogens with zero attached hydrogens (tertiary/aromatic N) is 1. The minimum atomic E-state index is -0.251. The average molecular weight is 255 g/mol. The summed E-state index contributed by atoms with van der Waals surface area (Å²) < 4.78 is 4.60. The first-order valence-corrected chi connectivity index (χ1v) is 7.02. The second-order valence-electron chi connectivity index (χ2n) is 5.01. The highest BCUT2D eigenvalue weighted by molar-refractivity contribution is 5.77. The van der Waals surface area contributed by atoms with E-state index in [0.29, 0.717) is 31.8 Å². The fourth-order valence-corrected chi connectivity index (χ4v) is 2.55. The number of rotatable bonds is 6. The standard InChI is InChI=1S/C14H25NO3/c1-3-15(10-9-14(17)18-2)13(16)11-12-7-5-4-6-8-12/h12H,3-11H2,1-2H3. The van der Waals surface area contributed by atoms with E-state index in [1.54, 1.807) is 4.90 Å². The summed E-state index contributed by atoms with van der Waals surface area (Å²) in [6.45, 7) is 3.10. The van der Waals surface area contributed by atoms with Gasteiger partial charge in [-0.2, -0.15) is 0 Å². The van der Waals surface area contributed by atoms with Crippen molar-refractivity contribution in [1.29, 1.82) is 0 Å². The number of carbonyl (C=O) groups excluding carboxylic acids is 2. The molecule has 18 heavy (non-hydrogen) atoms. The Kier molecular flexibility index (Phi) is 6.76. The van der Waals surface area contributed by atoms with Crippen molar-refractivity contribution >= 4 is 11.9 Å². The predicted molar refractivity (Wildman–Crippen MR) is 70.1 cm³/mol. The van der Waals surface area contributed by atoms with E-state index in [1.807, 2.05) is 6.92 Å². The fourth-order valence-electron chi connectivity index (χ4n) is 2.55. The summed E-state index contributed by atoms with van der Waals surface area (Å²) in [6, 6.07) is 0. The smallest absolute Gasteiger partial charge is 0.307 e. The Bertz CT molecular complexity index is 272. The van der Waals surface area contributed by atoms with Crippen molar-refractivity contribution in [3.63, 3.8) is 0 Å². The zero-order valence-electron chi connectivity index (χ0n) is 11.6. The van der Waals surface area contributed by atoms with Crippen LogP contribution in [0.25, 0.3) is 0 Å². The SMILES string of the molecule is CCN(CCC(=O)OC)C(=O)CC1CCCCC1. The fraction of sp³-hybridized carbons (Fsp3) is 0.857. The molecule has 0 bridgehead atoms. The van der Waals surface area contributed by atoms with E-state index in [1.165, 1.54) is 39.2 Å². The van der Waals surface area contributed by atoms with Crippen LogP contribution in [0, 0.1) is 5.92 Å². The van der Waals surface area contributed by atoms with Gasteiger partial charge in [-0.1, -0.05) is 19.3 Å². The molecule has 0 saturated heterocycles. The number of hydrogen-bond donors (Lipinski definition) is 0. The Morgan fingerprint density at radius 1 is 1.22 bits per heavy atom. The van der Waals surface area contributed by atoms with E-state index >= 15 is 0 Å². The molecule has 1 fully saturated rings. The van der Waals surface area contributed by atoms with Gasteiger partial charge < -0.3 is 9.64 Å². The van der Waals surface area contributed by atoms with Crippen molar-refractivity contribution in [3.05, 3.63) is 0 Å². The van der Waals surface area contributed by atoms with Crippen molar-refractivity contribution in [1.82, 2.24) is 4.90 Å². The highest BCUT2D eigenvalue weighted by Gasteiger charge is 2.20. The number of amides is 1. The van der Waals surface area contributed by atoms with Gasteiger partial charge in [0.2, 0.25) is 5.91 Å². The maximum atomic E-state index is 12.1.